The van der Waals surface area contributed by atoms with E-state index in [9.17, 15) is 26.4 Å². The third-order valence-electron chi connectivity index (χ3n) is 5.24. The Morgan fingerprint density at radius 1 is 1.25 bits per heavy atom. The second-order valence-corrected chi connectivity index (χ2v) is 9.21. The number of halogens is 3. The van der Waals surface area contributed by atoms with Gasteiger partial charge in [0.2, 0.25) is 15.9 Å². The molecule has 0 unspecified atom stereocenters. The van der Waals surface area contributed by atoms with Crippen LogP contribution >= 0.6 is 0 Å². The molecular weight excluding hydrogens is 397 g/mol. The summed E-state index contributed by atoms with van der Waals surface area (Å²) in [6.45, 7) is 0. The molecule has 3 rings (SSSR count). The van der Waals surface area contributed by atoms with Gasteiger partial charge in [0.25, 0.3) is 5.92 Å². The Balaban J connectivity index is 1.64. The van der Waals surface area contributed by atoms with E-state index in [4.69, 9.17) is 5.73 Å². The largest absolute Gasteiger partial charge is 0.320 e. The lowest BCUT2D eigenvalue weighted by molar-refractivity contribution is -0.118. The highest BCUT2D eigenvalue weighted by Crippen LogP contribution is 2.38. The number of carbonyl (C=O) groups is 1. The second-order valence-electron chi connectivity index (χ2n) is 7.50. The van der Waals surface area contributed by atoms with Gasteiger partial charge in [-0.05, 0) is 24.8 Å². The molecule has 0 spiro atoms. The number of nitrogens with one attached hydrogen (secondary N) is 2. The molecule has 7 nitrogen and oxygen atoms in total. The number of pyridine rings is 1. The topological polar surface area (TPSA) is 114 Å². The maximum atomic E-state index is 14.3. The van der Waals surface area contributed by atoms with Crippen LogP contribution in [0.1, 0.15) is 44.9 Å². The van der Waals surface area contributed by atoms with Gasteiger partial charge in [-0.1, -0.05) is 19.3 Å². The highest BCUT2D eigenvalue weighted by atomic mass is 32.2. The van der Waals surface area contributed by atoms with Crippen molar-refractivity contribution in [3.05, 3.63) is 18.1 Å². The summed E-state index contributed by atoms with van der Waals surface area (Å²) in [4.78, 5) is 15.4. The summed E-state index contributed by atoms with van der Waals surface area (Å²) >= 11 is 0. The summed E-state index contributed by atoms with van der Waals surface area (Å²) in [6, 6.07) is -1.02. The summed E-state index contributed by atoms with van der Waals surface area (Å²) in [7, 11) is -4.19. The molecule has 0 radical (unpaired) electrons. The molecule has 0 saturated heterocycles. The quantitative estimate of drug-likeness (QED) is 0.652. The number of rotatable bonds is 6. The number of nitrogens with zero attached hydrogens (tertiary/aromatic N) is 1. The van der Waals surface area contributed by atoms with Gasteiger partial charge in [0.1, 0.15) is 4.90 Å². The van der Waals surface area contributed by atoms with Gasteiger partial charge >= 0.3 is 0 Å². The first-order valence-electron chi connectivity index (χ1n) is 9.19. The normalized spacial score (nSPS) is 21.7. The van der Waals surface area contributed by atoms with Crippen LogP contribution in [0.3, 0.4) is 0 Å². The van der Waals surface area contributed by atoms with E-state index in [2.05, 4.69) is 15.0 Å². The fourth-order valence-electron chi connectivity index (χ4n) is 3.60. The van der Waals surface area contributed by atoms with Gasteiger partial charge in [0, 0.05) is 25.1 Å². The van der Waals surface area contributed by atoms with Crippen LogP contribution in [0.15, 0.2) is 17.2 Å². The van der Waals surface area contributed by atoms with Gasteiger partial charge in [-0.15, -0.1) is 0 Å². The number of carbonyl (C=O) groups excluding carboxylic acids is 1. The van der Waals surface area contributed by atoms with E-state index in [1.165, 1.54) is 0 Å². The second kappa shape index (κ2) is 7.96. The van der Waals surface area contributed by atoms with Crippen LogP contribution in [0.4, 0.5) is 19.0 Å². The zero-order valence-corrected chi connectivity index (χ0v) is 15.9. The molecule has 1 amide bonds. The van der Waals surface area contributed by atoms with Crippen LogP contribution in [0.5, 0.6) is 0 Å². The zero-order chi connectivity index (χ0) is 20.5. The molecule has 2 saturated carbocycles. The Kier molecular flexibility index (Phi) is 5.97. The molecule has 1 aromatic rings. The molecule has 0 aliphatic heterocycles. The first kappa shape index (κ1) is 21.0. The summed E-state index contributed by atoms with van der Waals surface area (Å²) in [5.41, 5.74) is 5.96. The first-order valence-corrected chi connectivity index (χ1v) is 10.7. The number of sulfonamides is 1. The summed E-state index contributed by atoms with van der Waals surface area (Å²) < 4.78 is 66.4. The van der Waals surface area contributed by atoms with Crippen molar-refractivity contribution >= 4 is 21.7 Å². The van der Waals surface area contributed by atoms with Gasteiger partial charge in [-0.25, -0.2) is 31.3 Å². The van der Waals surface area contributed by atoms with Crippen LogP contribution in [0.25, 0.3) is 0 Å². The Bertz CT molecular complexity index is 836. The van der Waals surface area contributed by atoms with Crippen molar-refractivity contribution in [3.8, 4) is 0 Å². The Morgan fingerprint density at radius 2 is 1.89 bits per heavy atom. The third kappa shape index (κ3) is 4.81. The molecule has 2 fully saturated rings. The maximum Gasteiger partial charge on any atom is 0.251 e. The molecule has 1 aromatic heterocycles. The lowest BCUT2D eigenvalue weighted by atomic mass is 9.84. The van der Waals surface area contributed by atoms with Gasteiger partial charge in [-0.2, -0.15) is 0 Å². The van der Waals surface area contributed by atoms with Crippen LogP contribution in [-0.2, 0) is 14.8 Å². The molecule has 28 heavy (non-hydrogen) atoms. The van der Waals surface area contributed by atoms with E-state index >= 15 is 0 Å². The third-order valence-corrected chi connectivity index (χ3v) is 6.73. The van der Waals surface area contributed by atoms with Crippen LogP contribution < -0.4 is 15.8 Å². The smallest absolute Gasteiger partial charge is 0.251 e. The number of amides is 1. The summed E-state index contributed by atoms with van der Waals surface area (Å²) in [5, 5.41) is 2.30. The molecular formula is C17H23F3N4O3S. The number of anilines is 1. The van der Waals surface area contributed by atoms with E-state index in [0.29, 0.717) is 6.07 Å². The lowest BCUT2D eigenvalue weighted by Gasteiger charge is -2.34. The van der Waals surface area contributed by atoms with Gasteiger partial charge in [-0.3, -0.25) is 4.79 Å². The molecule has 1 atom stereocenters. The van der Waals surface area contributed by atoms with Gasteiger partial charge < -0.3 is 11.1 Å². The van der Waals surface area contributed by atoms with Crippen molar-refractivity contribution in [2.24, 2.45) is 11.7 Å². The average Bonchev–Trinajstić information content (AvgIpc) is 2.61. The van der Waals surface area contributed by atoms with Crippen LogP contribution in [0, 0.1) is 11.7 Å². The van der Waals surface area contributed by atoms with Crippen LogP contribution in [-0.4, -0.2) is 37.3 Å². The number of nitrogens with two attached hydrogens (primary N) is 1. The van der Waals surface area contributed by atoms with Gasteiger partial charge in [0.05, 0.1) is 6.04 Å². The van der Waals surface area contributed by atoms with Crippen LogP contribution in [0.2, 0.25) is 0 Å². The molecule has 2 aliphatic rings. The standard InChI is InChI=1S/C17H23F3N4O3S/c18-13-6-12(28(26,27)24-11-7-17(19,20)8-11)9-22-15(13)23-16(25)14(21)10-4-2-1-3-5-10/h6,9-11,14,24H,1-5,7-8,21H2,(H,22,23,25)/t14-/m0/s1. The molecule has 0 bridgehead atoms. The lowest BCUT2D eigenvalue weighted by Crippen LogP contribution is -2.50. The molecule has 2 aliphatic carbocycles. The van der Waals surface area contributed by atoms with E-state index in [-0.39, 0.29) is 5.92 Å². The van der Waals surface area contributed by atoms with Gasteiger partial charge in [0.15, 0.2) is 11.6 Å². The van der Waals surface area contributed by atoms with Crippen molar-refractivity contribution in [3.63, 3.8) is 0 Å². The first-order chi connectivity index (χ1) is 13.1. The number of hydrogen-bond donors (Lipinski definition) is 3. The Labute approximate surface area is 161 Å². The van der Waals surface area contributed by atoms with E-state index in [1.54, 1.807) is 0 Å². The molecule has 156 valence electrons. The molecule has 11 heteroatoms. The van der Waals surface area contributed by atoms with Crippen molar-refractivity contribution < 1.29 is 26.4 Å². The highest BCUT2D eigenvalue weighted by molar-refractivity contribution is 7.89. The minimum absolute atomic E-state index is 0.0151. The predicted octanol–water partition coefficient (Wildman–Crippen LogP) is 2.14. The monoisotopic (exact) mass is 420 g/mol. The van der Waals surface area contributed by atoms with Crippen molar-refractivity contribution in [1.82, 2.24) is 9.71 Å². The number of aromatic nitrogens is 1. The van der Waals surface area contributed by atoms with E-state index < -0.39 is 63.3 Å². The fourth-order valence-corrected chi connectivity index (χ4v) is 4.79. The Morgan fingerprint density at radius 3 is 2.46 bits per heavy atom. The predicted molar refractivity (Wildman–Crippen MR) is 95.7 cm³/mol. The van der Waals surface area contributed by atoms with Crippen molar-refractivity contribution in [1.29, 1.82) is 0 Å². The molecule has 0 aromatic carbocycles. The average molecular weight is 420 g/mol. The summed E-state index contributed by atoms with van der Waals surface area (Å²) in [6.07, 6.45) is 4.40. The van der Waals surface area contributed by atoms with Crippen molar-refractivity contribution in [2.75, 3.05) is 5.32 Å². The summed E-state index contributed by atoms with van der Waals surface area (Å²) in [5.74, 6) is -4.93. The van der Waals surface area contributed by atoms with E-state index in [1.807, 2.05) is 0 Å². The minimum Gasteiger partial charge on any atom is -0.320 e. The number of alkyl halides is 2. The number of hydrogen-bond acceptors (Lipinski definition) is 5. The zero-order valence-electron chi connectivity index (χ0n) is 15.1. The van der Waals surface area contributed by atoms with E-state index in [0.717, 1.165) is 38.3 Å². The minimum atomic E-state index is -4.19. The molecule has 1 heterocycles. The fraction of sp³-hybridized carbons (Fsp3) is 0.647. The molecule has 4 N–H and O–H groups in total. The van der Waals surface area contributed by atoms with Crippen molar-refractivity contribution in [2.45, 2.75) is 67.8 Å². The highest BCUT2D eigenvalue weighted by Gasteiger charge is 2.47. The SMILES string of the molecule is N[C@H](C(=O)Nc1ncc(S(=O)(=O)NC2CC(F)(F)C2)cc1F)C1CCCCC1. The Hall–Kier alpha value is -1.72. The maximum absolute atomic E-state index is 14.3.